The predicted molar refractivity (Wildman–Crippen MR) is 99.9 cm³/mol. The van der Waals surface area contributed by atoms with E-state index in [4.69, 9.17) is 4.74 Å². The fourth-order valence-corrected chi connectivity index (χ4v) is 2.92. The van der Waals surface area contributed by atoms with Gasteiger partial charge in [-0.3, -0.25) is 9.78 Å². The highest BCUT2D eigenvalue weighted by molar-refractivity contribution is 7.09. The molecular formula is C19H19N3O2S. The number of amides is 1. The fraction of sp³-hybridized carbons (Fsp3) is 0.211. The molecule has 2 heterocycles. The number of carbonyl (C=O) groups is 1. The van der Waals surface area contributed by atoms with E-state index in [9.17, 15) is 4.79 Å². The van der Waals surface area contributed by atoms with Gasteiger partial charge in [0.25, 0.3) is 0 Å². The largest absolute Gasteiger partial charge is 0.492 e. The molecule has 0 unspecified atom stereocenters. The topological polar surface area (TPSA) is 64.1 Å². The molecule has 5 nitrogen and oxygen atoms in total. The van der Waals surface area contributed by atoms with Gasteiger partial charge >= 0.3 is 0 Å². The molecule has 25 heavy (non-hydrogen) atoms. The Morgan fingerprint density at radius 1 is 1.24 bits per heavy atom. The quantitative estimate of drug-likeness (QED) is 0.643. The molecule has 0 spiro atoms. The van der Waals surface area contributed by atoms with Crippen LogP contribution in [0.15, 0.2) is 54.2 Å². The highest BCUT2D eigenvalue weighted by Gasteiger charge is 2.05. The molecule has 0 aliphatic carbocycles. The maximum atomic E-state index is 12.0. The van der Waals surface area contributed by atoms with Crippen LogP contribution in [0.3, 0.4) is 0 Å². The van der Waals surface area contributed by atoms with Crippen molar-refractivity contribution in [3.63, 3.8) is 0 Å². The van der Waals surface area contributed by atoms with Crippen molar-refractivity contribution in [1.82, 2.24) is 9.97 Å². The molecule has 1 N–H and O–H groups in total. The van der Waals surface area contributed by atoms with E-state index in [1.807, 2.05) is 48.7 Å². The van der Waals surface area contributed by atoms with Crippen LogP contribution >= 0.6 is 11.3 Å². The van der Waals surface area contributed by atoms with Gasteiger partial charge in [0.1, 0.15) is 5.75 Å². The van der Waals surface area contributed by atoms with Gasteiger partial charge in [-0.2, -0.15) is 0 Å². The number of hydrogen-bond acceptors (Lipinski definition) is 5. The Hall–Kier alpha value is -2.73. The number of thiazole rings is 1. The highest BCUT2D eigenvalue weighted by atomic mass is 32.1. The second-order valence-electron chi connectivity index (χ2n) is 5.52. The van der Waals surface area contributed by atoms with Crippen LogP contribution in [0.1, 0.15) is 17.8 Å². The van der Waals surface area contributed by atoms with E-state index in [2.05, 4.69) is 15.3 Å². The lowest BCUT2D eigenvalue weighted by Crippen LogP contribution is -2.12. The maximum Gasteiger partial charge on any atom is 0.224 e. The Kier molecular flexibility index (Phi) is 5.74. The summed E-state index contributed by atoms with van der Waals surface area (Å²) in [6.45, 7) is 2.47. The van der Waals surface area contributed by atoms with Crippen molar-refractivity contribution in [2.24, 2.45) is 0 Å². The lowest BCUT2D eigenvalue weighted by Gasteiger charge is -2.07. The Morgan fingerprint density at radius 3 is 2.76 bits per heavy atom. The van der Waals surface area contributed by atoms with Crippen LogP contribution in [0.4, 0.5) is 5.69 Å². The Labute approximate surface area is 150 Å². The number of benzene rings is 1. The number of anilines is 1. The number of nitrogens with zero attached hydrogens (tertiary/aromatic N) is 2. The van der Waals surface area contributed by atoms with Gasteiger partial charge in [0, 0.05) is 29.2 Å². The number of carbonyl (C=O) groups excluding carboxylic acids is 1. The monoisotopic (exact) mass is 353 g/mol. The normalized spacial score (nSPS) is 10.4. The van der Waals surface area contributed by atoms with E-state index >= 15 is 0 Å². The number of ether oxygens (including phenoxy) is 1. The van der Waals surface area contributed by atoms with Crippen LogP contribution in [0, 0.1) is 6.92 Å². The minimum absolute atomic E-state index is 0.0213. The summed E-state index contributed by atoms with van der Waals surface area (Å²) in [6, 6.07) is 11.4. The zero-order valence-corrected chi connectivity index (χ0v) is 14.8. The summed E-state index contributed by atoms with van der Waals surface area (Å²) in [6.07, 6.45) is 4.41. The molecule has 128 valence electrons. The molecule has 0 radical (unpaired) electrons. The van der Waals surface area contributed by atoms with Crippen LogP contribution in [0.5, 0.6) is 5.75 Å². The molecule has 0 aliphatic rings. The molecule has 0 saturated carbocycles. The van der Waals surface area contributed by atoms with E-state index in [0.29, 0.717) is 19.4 Å². The second kappa shape index (κ2) is 8.39. The molecular weight excluding hydrogens is 334 g/mol. The van der Waals surface area contributed by atoms with Gasteiger partial charge in [-0.15, -0.1) is 11.3 Å². The van der Waals surface area contributed by atoms with Gasteiger partial charge in [-0.25, -0.2) is 4.98 Å². The maximum absolute atomic E-state index is 12.0. The summed E-state index contributed by atoms with van der Waals surface area (Å²) in [5.41, 5.74) is 2.80. The first-order valence-corrected chi connectivity index (χ1v) is 8.94. The summed E-state index contributed by atoms with van der Waals surface area (Å²) in [5.74, 6) is 0.697. The first kappa shape index (κ1) is 17.1. The van der Waals surface area contributed by atoms with Gasteiger partial charge in [-0.1, -0.05) is 12.1 Å². The predicted octanol–water partition coefficient (Wildman–Crippen LogP) is 4.31. The van der Waals surface area contributed by atoms with Gasteiger partial charge in [0.05, 0.1) is 23.5 Å². The van der Waals surface area contributed by atoms with Crippen LogP contribution in [0.25, 0.3) is 11.3 Å². The summed E-state index contributed by atoms with van der Waals surface area (Å²) >= 11 is 1.63. The van der Waals surface area contributed by atoms with Crippen molar-refractivity contribution in [1.29, 1.82) is 0 Å². The average Bonchev–Trinajstić information content (AvgIpc) is 3.07. The SMILES string of the molecule is Cc1nc(-c2ccc(NC(=O)CCCOc3cccnc3)cc2)cs1. The molecule has 0 saturated heterocycles. The molecule has 6 heteroatoms. The lowest BCUT2D eigenvalue weighted by atomic mass is 10.1. The van der Waals surface area contributed by atoms with Crippen molar-refractivity contribution in [2.45, 2.75) is 19.8 Å². The van der Waals surface area contributed by atoms with Crippen molar-refractivity contribution in [2.75, 3.05) is 11.9 Å². The number of nitrogens with one attached hydrogen (secondary N) is 1. The molecule has 2 aromatic heterocycles. The van der Waals surface area contributed by atoms with E-state index in [-0.39, 0.29) is 5.91 Å². The van der Waals surface area contributed by atoms with Gasteiger partial charge < -0.3 is 10.1 Å². The van der Waals surface area contributed by atoms with Crippen molar-refractivity contribution in [3.8, 4) is 17.0 Å². The van der Waals surface area contributed by atoms with E-state index < -0.39 is 0 Å². The second-order valence-corrected chi connectivity index (χ2v) is 6.58. The lowest BCUT2D eigenvalue weighted by molar-refractivity contribution is -0.116. The number of pyridine rings is 1. The van der Waals surface area contributed by atoms with Crippen LogP contribution in [-0.2, 0) is 4.79 Å². The van der Waals surface area contributed by atoms with Crippen LogP contribution in [0.2, 0.25) is 0 Å². The molecule has 0 bridgehead atoms. The molecule has 3 rings (SSSR count). The summed E-state index contributed by atoms with van der Waals surface area (Å²) in [7, 11) is 0. The van der Waals surface area contributed by atoms with E-state index in [1.165, 1.54) is 0 Å². The summed E-state index contributed by atoms with van der Waals surface area (Å²) in [4.78, 5) is 20.4. The molecule has 1 aromatic carbocycles. The Balaban J connectivity index is 1.43. The highest BCUT2D eigenvalue weighted by Crippen LogP contribution is 2.23. The third-order valence-electron chi connectivity index (χ3n) is 3.53. The zero-order chi connectivity index (χ0) is 17.5. The zero-order valence-electron chi connectivity index (χ0n) is 13.9. The number of aryl methyl sites for hydroxylation is 1. The Morgan fingerprint density at radius 2 is 2.08 bits per heavy atom. The number of hydrogen-bond donors (Lipinski definition) is 1. The van der Waals surface area contributed by atoms with Gasteiger partial charge in [0.2, 0.25) is 5.91 Å². The average molecular weight is 353 g/mol. The number of aromatic nitrogens is 2. The first-order chi connectivity index (χ1) is 12.2. The van der Waals surface area contributed by atoms with Gasteiger partial charge in [-0.05, 0) is 37.6 Å². The summed E-state index contributed by atoms with van der Waals surface area (Å²) < 4.78 is 5.52. The van der Waals surface area contributed by atoms with E-state index in [1.54, 1.807) is 23.7 Å². The Bertz CT molecular complexity index is 816. The fourth-order valence-electron chi connectivity index (χ4n) is 2.30. The third-order valence-corrected chi connectivity index (χ3v) is 4.31. The molecule has 3 aromatic rings. The number of rotatable bonds is 7. The third kappa shape index (κ3) is 5.12. The van der Waals surface area contributed by atoms with Crippen molar-refractivity contribution in [3.05, 3.63) is 59.2 Å². The minimum Gasteiger partial charge on any atom is -0.492 e. The molecule has 1 amide bonds. The van der Waals surface area contributed by atoms with Crippen LogP contribution < -0.4 is 10.1 Å². The van der Waals surface area contributed by atoms with Crippen molar-refractivity contribution >= 4 is 22.9 Å². The first-order valence-electron chi connectivity index (χ1n) is 8.06. The molecule has 0 fully saturated rings. The molecule has 0 aliphatic heterocycles. The summed E-state index contributed by atoms with van der Waals surface area (Å²) in [5, 5.41) is 5.98. The standard InChI is InChI=1S/C19H19N3O2S/c1-14-21-18(13-25-14)15-6-8-16(9-7-15)22-19(23)5-3-11-24-17-4-2-10-20-12-17/h2,4,6-10,12-13H,3,5,11H2,1H3,(H,22,23). The smallest absolute Gasteiger partial charge is 0.224 e. The van der Waals surface area contributed by atoms with Crippen molar-refractivity contribution < 1.29 is 9.53 Å². The minimum atomic E-state index is -0.0213. The van der Waals surface area contributed by atoms with E-state index in [0.717, 1.165) is 27.7 Å². The van der Waals surface area contributed by atoms with Crippen LogP contribution in [-0.4, -0.2) is 22.5 Å². The van der Waals surface area contributed by atoms with Gasteiger partial charge in [0.15, 0.2) is 0 Å². The molecule has 0 atom stereocenters.